The third-order valence-electron chi connectivity index (χ3n) is 1.83. The van der Waals surface area contributed by atoms with E-state index in [0.29, 0.717) is 6.61 Å². The molecule has 78 valence electrons. The van der Waals surface area contributed by atoms with Crippen LogP contribution in [0, 0.1) is 6.92 Å². The molecule has 0 saturated carbocycles. The van der Waals surface area contributed by atoms with E-state index in [1.807, 2.05) is 0 Å². The summed E-state index contributed by atoms with van der Waals surface area (Å²) in [7, 11) is 1.68. The van der Waals surface area contributed by atoms with E-state index >= 15 is 0 Å². The number of rotatable bonds is 5. The molecule has 1 aromatic carbocycles. The summed E-state index contributed by atoms with van der Waals surface area (Å²) in [6.07, 6.45) is 0. The van der Waals surface area contributed by atoms with Gasteiger partial charge in [-0.2, -0.15) is 0 Å². The van der Waals surface area contributed by atoms with Gasteiger partial charge in [-0.05, 0) is 19.1 Å². The maximum absolute atomic E-state index is 5.82. The van der Waals surface area contributed by atoms with Crippen LogP contribution in [0.3, 0.4) is 0 Å². The van der Waals surface area contributed by atoms with E-state index in [1.165, 1.54) is 10.5 Å². The number of aryl methyl sites for hydroxylation is 1. The zero-order valence-corrected chi connectivity index (χ0v) is 9.51. The van der Waals surface area contributed by atoms with Crippen molar-refractivity contribution in [3.63, 3.8) is 0 Å². The highest BCUT2D eigenvalue weighted by Crippen LogP contribution is 2.19. The fourth-order valence-electron chi connectivity index (χ4n) is 1.17. The predicted molar refractivity (Wildman–Crippen MR) is 61.8 cm³/mol. The Kier molecular flexibility index (Phi) is 5.01. The molecule has 0 aliphatic carbocycles. The van der Waals surface area contributed by atoms with Crippen LogP contribution in [0.2, 0.25) is 0 Å². The molecule has 0 heterocycles. The molecular weight excluding hydrogens is 194 g/mol. The van der Waals surface area contributed by atoms with E-state index in [4.69, 9.17) is 10.5 Å². The SMILES string of the molecule is COCC(N)CSc1cccc(C)c1. The fourth-order valence-corrected chi connectivity index (χ4v) is 2.12. The van der Waals surface area contributed by atoms with Crippen LogP contribution in [0.1, 0.15) is 5.56 Å². The van der Waals surface area contributed by atoms with Gasteiger partial charge in [0.15, 0.2) is 0 Å². The van der Waals surface area contributed by atoms with Crippen molar-refractivity contribution in [2.75, 3.05) is 19.5 Å². The summed E-state index contributed by atoms with van der Waals surface area (Å²) in [5.41, 5.74) is 7.11. The van der Waals surface area contributed by atoms with E-state index in [9.17, 15) is 0 Å². The topological polar surface area (TPSA) is 35.2 Å². The van der Waals surface area contributed by atoms with Crippen molar-refractivity contribution in [1.29, 1.82) is 0 Å². The van der Waals surface area contributed by atoms with Crippen LogP contribution in [0.15, 0.2) is 29.2 Å². The third-order valence-corrected chi connectivity index (χ3v) is 3.02. The number of nitrogens with two attached hydrogens (primary N) is 1. The predicted octanol–water partition coefficient (Wildman–Crippen LogP) is 2.06. The van der Waals surface area contributed by atoms with Gasteiger partial charge >= 0.3 is 0 Å². The Labute approximate surface area is 89.8 Å². The van der Waals surface area contributed by atoms with Gasteiger partial charge in [0.1, 0.15) is 0 Å². The molecule has 2 nitrogen and oxygen atoms in total. The first-order valence-electron chi connectivity index (χ1n) is 4.66. The average Bonchev–Trinajstić information content (AvgIpc) is 2.15. The van der Waals surface area contributed by atoms with Crippen molar-refractivity contribution in [3.8, 4) is 0 Å². The minimum Gasteiger partial charge on any atom is -0.383 e. The number of methoxy groups -OCH3 is 1. The maximum Gasteiger partial charge on any atom is 0.0621 e. The summed E-state index contributed by atoms with van der Waals surface area (Å²) >= 11 is 1.78. The van der Waals surface area contributed by atoms with Gasteiger partial charge in [-0.25, -0.2) is 0 Å². The maximum atomic E-state index is 5.82. The fraction of sp³-hybridized carbons (Fsp3) is 0.455. The van der Waals surface area contributed by atoms with Crippen molar-refractivity contribution in [3.05, 3.63) is 29.8 Å². The second-order valence-corrected chi connectivity index (χ2v) is 4.44. The minimum atomic E-state index is 0.116. The molecule has 0 aromatic heterocycles. The Morgan fingerprint density at radius 1 is 1.50 bits per heavy atom. The molecule has 0 saturated heterocycles. The largest absolute Gasteiger partial charge is 0.383 e. The zero-order chi connectivity index (χ0) is 10.4. The molecule has 0 fully saturated rings. The van der Waals surface area contributed by atoms with Gasteiger partial charge in [-0.1, -0.05) is 17.7 Å². The summed E-state index contributed by atoms with van der Waals surface area (Å²) in [5, 5.41) is 0. The lowest BCUT2D eigenvalue weighted by atomic mass is 10.2. The lowest BCUT2D eigenvalue weighted by molar-refractivity contribution is 0.186. The number of benzene rings is 1. The second kappa shape index (κ2) is 6.06. The number of hydrogen-bond donors (Lipinski definition) is 1. The Bertz CT molecular complexity index is 278. The highest BCUT2D eigenvalue weighted by molar-refractivity contribution is 7.99. The molecule has 0 bridgehead atoms. The number of hydrogen-bond acceptors (Lipinski definition) is 3. The highest BCUT2D eigenvalue weighted by Gasteiger charge is 2.02. The van der Waals surface area contributed by atoms with Gasteiger partial charge < -0.3 is 10.5 Å². The van der Waals surface area contributed by atoms with E-state index in [2.05, 4.69) is 31.2 Å². The summed E-state index contributed by atoms with van der Waals surface area (Å²) in [4.78, 5) is 1.27. The van der Waals surface area contributed by atoms with Crippen LogP contribution in [0.4, 0.5) is 0 Å². The molecule has 1 unspecified atom stereocenters. The molecule has 1 atom stereocenters. The van der Waals surface area contributed by atoms with Gasteiger partial charge in [-0.3, -0.25) is 0 Å². The minimum absolute atomic E-state index is 0.116. The van der Waals surface area contributed by atoms with Gasteiger partial charge in [0.25, 0.3) is 0 Å². The first-order chi connectivity index (χ1) is 6.72. The quantitative estimate of drug-likeness (QED) is 0.757. The van der Waals surface area contributed by atoms with Crippen LogP contribution in [-0.4, -0.2) is 25.5 Å². The van der Waals surface area contributed by atoms with Gasteiger partial charge in [0.2, 0.25) is 0 Å². The van der Waals surface area contributed by atoms with Crippen molar-refractivity contribution in [2.24, 2.45) is 5.73 Å². The lowest BCUT2D eigenvalue weighted by Crippen LogP contribution is -2.28. The van der Waals surface area contributed by atoms with E-state index in [-0.39, 0.29) is 6.04 Å². The Morgan fingerprint density at radius 3 is 2.93 bits per heavy atom. The van der Waals surface area contributed by atoms with Crippen LogP contribution in [0.5, 0.6) is 0 Å². The molecule has 0 spiro atoms. The second-order valence-electron chi connectivity index (χ2n) is 3.34. The summed E-state index contributed by atoms with van der Waals surface area (Å²) < 4.78 is 4.98. The van der Waals surface area contributed by atoms with Crippen molar-refractivity contribution in [2.45, 2.75) is 17.9 Å². The van der Waals surface area contributed by atoms with E-state index in [1.54, 1.807) is 18.9 Å². The average molecular weight is 211 g/mol. The van der Waals surface area contributed by atoms with Gasteiger partial charge in [0, 0.05) is 23.8 Å². The van der Waals surface area contributed by atoms with Crippen LogP contribution in [-0.2, 0) is 4.74 Å². The summed E-state index contributed by atoms with van der Waals surface area (Å²) in [5.74, 6) is 0.900. The van der Waals surface area contributed by atoms with Crippen molar-refractivity contribution < 1.29 is 4.74 Å². The smallest absolute Gasteiger partial charge is 0.0621 e. The zero-order valence-electron chi connectivity index (χ0n) is 8.69. The molecule has 2 N–H and O–H groups in total. The summed E-state index contributed by atoms with van der Waals surface area (Å²) in [6, 6.07) is 8.56. The molecule has 1 aromatic rings. The van der Waals surface area contributed by atoms with Gasteiger partial charge in [0.05, 0.1) is 6.61 Å². The summed E-state index contributed by atoms with van der Waals surface area (Å²) in [6.45, 7) is 2.72. The number of ether oxygens (including phenoxy) is 1. The molecule has 0 radical (unpaired) electrons. The van der Waals surface area contributed by atoms with E-state index in [0.717, 1.165) is 5.75 Å². The molecule has 0 amide bonds. The van der Waals surface area contributed by atoms with Gasteiger partial charge in [-0.15, -0.1) is 11.8 Å². The molecular formula is C11H17NOS. The third kappa shape index (κ3) is 4.13. The monoisotopic (exact) mass is 211 g/mol. The lowest BCUT2D eigenvalue weighted by Gasteiger charge is -2.09. The van der Waals surface area contributed by atoms with Crippen LogP contribution in [0.25, 0.3) is 0 Å². The Morgan fingerprint density at radius 2 is 2.29 bits per heavy atom. The van der Waals surface area contributed by atoms with E-state index < -0.39 is 0 Å². The van der Waals surface area contributed by atoms with Crippen LogP contribution < -0.4 is 5.73 Å². The Balaban J connectivity index is 2.37. The standard InChI is InChI=1S/C11H17NOS/c1-9-4-3-5-11(6-9)14-8-10(12)7-13-2/h3-6,10H,7-8,12H2,1-2H3. The normalized spacial score (nSPS) is 12.8. The molecule has 3 heteroatoms. The number of thioether (sulfide) groups is 1. The molecule has 14 heavy (non-hydrogen) atoms. The Hall–Kier alpha value is -0.510. The van der Waals surface area contributed by atoms with Crippen molar-refractivity contribution >= 4 is 11.8 Å². The molecule has 0 aliphatic rings. The van der Waals surface area contributed by atoms with Crippen molar-refractivity contribution in [1.82, 2.24) is 0 Å². The first kappa shape index (κ1) is 11.6. The van der Waals surface area contributed by atoms with Crippen LogP contribution >= 0.6 is 11.8 Å². The molecule has 1 rings (SSSR count). The highest BCUT2D eigenvalue weighted by atomic mass is 32.2. The first-order valence-corrected chi connectivity index (χ1v) is 5.65. The molecule has 0 aliphatic heterocycles.